The minimum atomic E-state index is 0.536. The Labute approximate surface area is 73.5 Å². The molecule has 0 spiro atoms. The van der Waals surface area contributed by atoms with E-state index in [-0.39, 0.29) is 0 Å². The molecule has 1 aromatic heterocycles. The Morgan fingerprint density at radius 3 is 2.42 bits per heavy atom. The molecule has 0 saturated carbocycles. The molecule has 3 heteroatoms. The first-order valence-corrected chi connectivity index (χ1v) is 4.16. The highest BCUT2D eigenvalue weighted by molar-refractivity contribution is 4.88. The SMILES string of the molecule is CC(C)N(C)Cc1ncccn1. The Hall–Kier alpha value is -0.960. The van der Waals surface area contributed by atoms with Crippen molar-refractivity contribution in [1.82, 2.24) is 14.9 Å². The highest BCUT2D eigenvalue weighted by atomic mass is 15.1. The van der Waals surface area contributed by atoms with Gasteiger partial charge >= 0.3 is 0 Å². The van der Waals surface area contributed by atoms with Crippen LogP contribution >= 0.6 is 0 Å². The molecule has 0 atom stereocenters. The van der Waals surface area contributed by atoms with Gasteiger partial charge in [0.05, 0.1) is 6.54 Å². The first-order valence-electron chi connectivity index (χ1n) is 4.16. The molecule has 12 heavy (non-hydrogen) atoms. The zero-order valence-corrected chi connectivity index (χ0v) is 7.86. The summed E-state index contributed by atoms with van der Waals surface area (Å²) < 4.78 is 0. The van der Waals surface area contributed by atoms with Gasteiger partial charge in [0.15, 0.2) is 0 Å². The first-order chi connectivity index (χ1) is 5.70. The Bertz CT molecular complexity index is 220. The lowest BCUT2D eigenvalue weighted by Gasteiger charge is -2.19. The maximum atomic E-state index is 4.15. The third-order valence-electron chi connectivity index (χ3n) is 1.89. The molecular formula is C9H15N3. The summed E-state index contributed by atoms with van der Waals surface area (Å²) in [5, 5.41) is 0. The second-order valence-corrected chi connectivity index (χ2v) is 3.17. The van der Waals surface area contributed by atoms with Crippen molar-refractivity contribution in [3.8, 4) is 0 Å². The molecule has 0 radical (unpaired) electrons. The molecule has 1 aromatic rings. The largest absolute Gasteiger partial charge is 0.297 e. The third-order valence-corrected chi connectivity index (χ3v) is 1.89. The van der Waals surface area contributed by atoms with Gasteiger partial charge in [-0.3, -0.25) is 4.90 Å². The molecular weight excluding hydrogens is 150 g/mol. The summed E-state index contributed by atoms with van der Waals surface area (Å²) in [7, 11) is 2.07. The van der Waals surface area contributed by atoms with E-state index in [1.54, 1.807) is 12.4 Å². The highest BCUT2D eigenvalue weighted by Crippen LogP contribution is 1.99. The Morgan fingerprint density at radius 2 is 1.92 bits per heavy atom. The van der Waals surface area contributed by atoms with Crippen molar-refractivity contribution < 1.29 is 0 Å². The van der Waals surface area contributed by atoms with Crippen LogP contribution in [0.3, 0.4) is 0 Å². The van der Waals surface area contributed by atoms with Crippen LogP contribution in [0.4, 0.5) is 0 Å². The number of aromatic nitrogens is 2. The number of hydrogen-bond acceptors (Lipinski definition) is 3. The lowest BCUT2D eigenvalue weighted by molar-refractivity contribution is 0.259. The van der Waals surface area contributed by atoms with Crippen LogP contribution in [-0.4, -0.2) is 28.0 Å². The lowest BCUT2D eigenvalue weighted by atomic mass is 10.3. The summed E-state index contributed by atoms with van der Waals surface area (Å²) in [5.41, 5.74) is 0. The molecule has 0 bridgehead atoms. The summed E-state index contributed by atoms with van der Waals surface area (Å²) in [6, 6.07) is 2.37. The topological polar surface area (TPSA) is 29.0 Å². The van der Waals surface area contributed by atoms with Crippen LogP contribution in [-0.2, 0) is 6.54 Å². The van der Waals surface area contributed by atoms with Gasteiger partial charge in [0, 0.05) is 18.4 Å². The Morgan fingerprint density at radius 1 is 1.33 bits per heavy atom. The molecule has 0 aliphatic carbocycles. The normalized spacial score (nSPS) is 11.1. The van der Waals surface area contributed by atoms with Gasteiger partial charge in [-0.05, 0) is 27.0 Å². The van der Waals surface area contributed by atoms with Gasteiger partial charge in [0.1, 0.15) is 5.82 Å². The van der Waals surface area contributed by atoms with Crippen LogP contribution in [0.15, 0.2) is 18.5 Å². The van der Waals surface area contributed by atoms with Crippen LogP contribution in [0.1, 0.15) is 19.7 Å². The lowest BCUT2D eigenvalue weighted by Crippen LogP contribution is -2.26. The van der Waals surface area contributed by atoms with Crippen molar-refractivity contribution >= 4 is 0 Å². The zero-order chi connectivity index (χ0) is 8.97. The number of hydrogen-bond donors (Lipinski definition) is 0. The van der Waals surface area contributed by atoms with E-state index in [4.69, 9.17) is 0 Å². The van der Waals surface area contributed by atoms with E-state index in [1.165, 1.54) is 0 Å². The summed E-state index contributed by atoms with van der Waals surface area (Å²) in [6.07, 6.45) is 3.55. The monoisotopic (exact) mass is 165 g/mol. The number of nitrogens with zero attached hydrogens (tertiary/aromatic N) is 3. The second-order valence-electron chi connectivity index (χ2n) is 3.17. The summed E-state index contributed by atoms with van der Waals surface area (Å²) >= 11 is 0. The summed E-state index contributed by atoms with van der Waals surface area (Å²) in [6.45, 7) is 5.13. The molecule has 0 N–H and O–H groups in total. The molecule has 1 rings (SSSR count). The minimum absolute atomic E-state index is 0.536. The van der Waals surface area contributed by atoms with Crippen molar-refractivity contribution in [2.45, 2.75) is 26.4 Å². The van der Waals surface area contributed by atoms with Crippen LogP contribution in [0.5, 0.6) is 0 Å². The minimum Gasteiger partial charge on any atom is -0.297 e. The van der Waals surface area contributed by atoms with Gasteiger partial charge in [0.2, 0.25) is 0 Å². The zero-order valence-electron chi connectivity index (χ0n) is 7.86. The average Bonchev–Trinajstić information content (AvgIpc) is 2.06. The van der Waals surface area contributed by atoms with E-state index < -0.39 is 0 Å². The van der Waals surface area contributed by atoms with Gasteiger partial charge in [-0.15, -0.1) is 0 Å². The molecule has 3 nitrogen and oxygen atoms in total. The summed E-state index contributed by atoms with van der Waals surface area (Å²) in [4.78, 5) is 10.5. The molecule has 0 fully saturated rings. The second kappa shape index (κ2) is 4.16. The molecule has 0 aromatic carbocycles. The van der Waals surface area contributed by atoms with E-state index in [2.05, 4.69) is 35.8 Å². The smallest absolute Gasteiger partial charge is 0.142 e. The fourth-order valence-corrected chi connectivity index (χ4v) is 0.817. The van der Waals surface area contributed by atoms with Crippen LogP contribution < -0.4 is 0 Å². The van der Waals surface area contributed by atoms with Crippen molar-refractivity contribution in [2.24, 2.45) is 0 Å². The first kappa shape index (κ1) is 9.13. The third kappa shape index (κ3) is 2.58. The van der Waals surface area contributed by atoms with E-state index in [0.717, 1.165) is 12.4 Å². The molecule has 0 unspecified atom stereocenters. The van der Waals surface area contributed by atoms with Gasteiger partial charge in [-0.2, -0.15) is 0 Å². The maximum Gasteiger partial charge on any atom is 0.142 e. The van der Waals surface area contributed by atoms with Gasteiger partial charge in [-0.1, -0.05) is 0 Å². The van der Waals surface area contributed by atoms with Crippen molar-refractivity contribution in [3.05, 3.63) is 24.3 Å². The van der Waals surface area contributed by atoms with E-state index in [9.17, 15) is 0 Å². The Balaban J connectivity index is 2.53. The predicted octanol–water partition coefficient (Wildman–Crippen LogP) is 1.32. The molecule has 1 heterocycles. The Kier molecular flexibility index (Phi) is 3.17. The maximum absolute atomic E-state index is 4.15. The molecule has 0 saturated heterocycles. The highest BCUT2D eigenvalue weighted by Gasteiger charge is 2.04. The van der Waals surface area contributed by atoms with E-state index in [0.29, 0.717) is 6.04 Å². The average molecular weight is 165 g/mol. The van der Waals surface area contributed by atoms with Gasteiger partial charge in [-0.25, -0.2) is 9.97 Å². The van der Waals surface area contributed by atoms with Crippen molar-refractivity contribution in [1.29, 1.82) is 0 Å². The molecule has 0 amide bonds. The van der Waals surface area contributed by atoms with Gasteiger partial charge in [0.25, 0.3) is 0 Å². The van der Waals surface area contributed by atoms with Crippen molar-refractivity contribution in [3.63, 3.8) is 0 Å². The quantitative estimate of drug-likeness (QED) is 0.676. The number of rotatable bonds is 3. The molecule has 0 aliphatic heterocycles. The predicted molar refractivity (Wildman–Crippen MR) is 48.6 cm³/mol. The summed E-state index contributed by atoms with van der Waals surface area (Å²) in [5.74, 6) is 0.883. The molecule has 66 valence electrons. The standard InChI is InChI=1S/C9H15N3/c1-8(2)12(3)7-9-10-5-4-6-11-9/h4-6,8H,7H2,1-3H3. The fourth-order valence-electron chi connectivity index (χ4n) is 0.817. The fraction of sp³-hybridized carbons (Fsp3) is 0.556. The van der Waals surface area contributed by atoms with E-state index in [1.807, 2.05) is 6.07 Å². The van der Waals surface area contributed by atoms with Gasteiger partial charge < -0.3 is 0 Å². The van der Waals surface area contributed by atoms with E-state index >= 15 is 0 Å². The van der Waals surface area contributed by atoms with Crippen LogP contribution in [0, 0.1) is 0 Å². The molecule has 0 aliphatic rings. The van der Waals surface area contributed by atoms with Crippen molar-refractivity contribution in [2.75, 3.05) is 7.05 Å². The van der Waals surface area contributed by atoms with Crippen LogP contribution in [0.25, 0.3) is 0 Å². The van der Waals surface area contributed by atoms with Crippen LogP contribution in [0.2, 0.25) is 0 Å².